The van der Waals surface area contributed by atoms with E-state index >= 15 is 0 Å². The molecule has 112 valence electrons. The summed E-state index contributed by atoms with van der Waals surface area (Å²) in [6, 6.07) is 0. The highest BCUT2D eigenvalue weighted by molar-refractivity contribution is 7.15. The molecule has 0 aromatic carbocycles. The van der Waals surface area contributed by atoms with E-state index in [2.05, 4.69) is 5.10 Å². The fourth-order valence-corrected chi connectivity index (χ4v) is 2.57. The van der Waals surface area contributed by atoms with E-state index in [1.807, 2.05) is 0 Å². The molecule has 2 aromatic rings. The molecule has 2 heterocycles. The van der Waals surface area contributed by atoms with E-state index in [4.69, 9.17) is 5.11 Å². The summed E-state index contributed by atoms with van der Waals surface area (Å²) < 4.78 is 38.1. The Labute approximate surface area is 119 Å². The molecule has 0 aliphatic rings. The average molecular weight is 319 g/mol. The largest absolute Gasteiger partial charge is 0.478 e. The summed E-state index contributed by atoms with van der Waals surface area (Å²) in [5.41, 5.74) is 0.224. The number of thiophene rings is 1. The third-order valence-electron chi connectivity index (χ3n) is 2.51. The highest BCUT2D eigenvalue weighted by atomic mass is 32.1. The minimum absolute atomic E-state index is 0.193. The van der Waals surface area contributed by atoms with Crippen molar-refractivity contribution in [3.8, 4) is 11.1 Å². The summed E-state index contributed by atoms with van der Waals surface area (Å²) in [6.07, 6.45) is -2.19. The number of nitrogens with zero attached hydrogens (tertiary/aromatic N) is 2. The van der Waals surface area contributed by atoms with Gasteiger partial charge in [0.2, 0.25) is 0 Å². The van der Waals surface area contributed by atoms with E-state index in [0.29, 0.717) is 16.9 Å². The lowest BCUT2D eigenvalue weighted by molar-refractivity contribution is -0.167. The molecule has 0 spiro atoms. The number of hydrogen-bond acceptors (Lipinski definition) is 4. The highest BCUT2D eigenvalue weighted by Gasteiger charge is 2.39. The van der Waals surface area contributed by atoms with Gasteiger partial charge in [0.15, 0.2) is 0 Å². The number of hydrogen-bond donors (Lipinski definition) is 2. The van der Waals surface area contributed by atoms with Crippen LogP contribution in [0.5, 0.6) is 0 Å². The Morgan fingerprint density at radius 3 is 2.57 bits per heavy atom. The van der Waals surface area contributed by atoms with Gasteiger partial charge in [0, 0.05) is 29.8 Å². The van der Waals surface area contributed by atoms with Gasteiger partial charge in [-0.1, -0.05) is 0 Å². The molecule has 0 unspecified atom stereocenters. The van der Waals surface area contributed by atoms with Gasteiger partial charge in [-0.3, -0.25) is 9.48 Å². The maximum Gasteiger partial charge on any atom is 0.471 e. The van der Waals surface area contributed by atoms with Gasteiger partial charge < -0.3 is 10.4 Å². The fourth-order valence-electron chi connectivity index (χ4n) is 1.61. The zero-order valence-corrected chi connectivity index (χ0v) is 11.2. The summed E-state index contributed by atoms with van der Waals surface area (Å²) in [7, 11) is 1.61. The molecule has 0 saturated carbocycles. The van der Waals surface area contributed by atoms with Crippen LogP contribution in [0.4, 0.5) is 18.2 Å². The van der Waals surface area contributed by atoms with Crippen LogP contribution in [0.15, 0.2) is 17.8 Å². The molecule has 2 aromatic heterocycles. The number of halogens is 3. The van der Waals surface area contributed by atoms with E-state index in [0.717, 1.165) is 0 Å². The molecule has 0 aliphatic carbocycles. The molecule has 0 aliphatic heterocycles. The van der Waals surface area contributed by atoms with Crippen LogP contribution in [0.3, 0.4) is 0 Å². The second kappa shape index (κ2) is 5.20. The molecular formula is C11H8F3N3O3S. The number of alkyl halides is 3. The van der Waals surface area contributed by atoms with E-state index in [9.17, 15) is 22.8 Å². The Balaban J connectivity index is 2.43. The van der Waals surface area contributed by atoms with Crippen LogP contribution in [0.2, 0.25) is 0 Å². The molecule has 0 fully saturated rings. The maximum absolute atomic E-state index is 12.2. The van der Waals surface area contributed by atoms with Gasteiger partial charge in [0.25, 0.3) is 0 Å². The van der Waals surface area contributed by atoms with Crippen molar-refractivity contribution < 1.29 is 27.9 Å². The fraction of sp³-hybridized carbons (Fsp3) is 0.182. The van der Waals surface area contributed by atoms with Gasteiger partial charge in [-0.25, -0.2) is 4.79 Å². The van der Waals surface area contributed by atoms with E-state index in [1.165, 1.54) is 22.5 Å². The van der Waals surface area contributed by atoms with Crippen molar-refractivity contribution in [2.75, 3.05) is 5.32 Å². The van der Waals surface area contributed by atoms with Gasteiger partial charge >= 0.3 is 18.1 Å². The predicted octanol–water partition coefficient (Wildman–Crippen LogP) is 2.35. The molecule has 2 N–H and O–H groups in total. The van der Waals surface area contributed by atoms with Crippen LogP contribution in [0.25, 0.3) is 11.1 Å². The summed E-state index contributed by atoms with van der Waals surface area (Å²) >= 11 is 0.703. The Bertz CT molecular complexity index is 705. The van der Waals surface area contributed by atoms with Crippen LogP contribution in [-0.2, 0) is 11.8 Å². The first-order chi connectivity index (χ1) is 9.70. The summed E-state index contributed by atoms with van der Waals surface area (Å²) in [6.45, 7) is 0. The van der Waals surface area contributed by atoms with Crippen molar-refractivity contribution in [2.45, 2.75) is 6.18 Å². The second-order valence-electron chi connectivity index (χ2n) is 4.01. The minimum Gasteiger partial charge on any atom is -0.478 e. The third kappa shape index (κ3) is 3.05. The van der Waals surface area contributed by atoms with E-state index in [1.54, 1.807) is 12.4 Å². The molecule has 21 heavy (non-hydrogen) atoms. The first-order valence-corrected chi connectivity index (χ1v) is 6.30. The van der Waals surface area contributed by atoms with Crippen molar-refractivity contribution in [3.05, 3.63) is 23.3 Å². The molecule has 0 saturated heterocycles. The van der Waals surface area contributed by atoms with E-state index in [-0.39, 0.29) is 10.6 Å². The number of carboxylic acid groups (broad SMARTS) is 1. The Hall–Kier alpha value is -2.36. The molecule has 6 nitrogen and oxygen atoms in total. The molecule has 10 heteroatoms. The Morgan fingerprint density at radius 1 is 1.43 bits per heavy atom. The molecule has 2 rings (SSSR count). The predicted molar refractivity (Wildman–Crippen MR) is 68.2 cm³/mol. The quantitative estimate of drug-likeness (QED) is 0.909. The lowest BCUT2D eigenvalue weighted by Crippen LogP contribution is -2.30. The first kappa shape index (κ1) is 15.0. The number of carbonyl (C=O) groups excluding carboxylic acids is 1. The van der Waals surface area contributed by atoms with Crippen molar-refractivity contribution in [3.63, 3.8) is 0 Å². The average Bonchev–Trinajstić information content (AvgIpc) is 2.93. The Kier molecular flexibility index (Phi) is 3.73. The minimum atomic E-state index is -5.09. The standard InChI is InChI=1S/C11H8F3N3O3S/c1-17-3-5(2-15-17)6-4-21-8(7(6)9(18)19)16-10(20)11(12,13)14/h2-4H,1H3,(H,16,20)(H,18,19). The first-order valence-electron chi connectivity index (χ1n) is 5.42. The SMILES string of the molecule is Cn1cc(-c2csc(NC(=O)C(F)(F)F)c2C(=O)O)cn1. The highest BCUT2D eigenvalue weighted by Crippen LogP contribution is 2.36. The van der Waals surface area contributed by atoms with Gasteiger partial charge in [0.05, 0.1) is 6.20 Å². The molecule has 0 radical (unpaired) electrons. The van der Waals surface area contributed by atoms with Gasteiger partial charge in [0.1, 0.15) is 10.6 Å². The van der Waals surface area contributed by atoms with Crippen molar-refractivity contribution in [1.82, 2.24) is 9.78 Å². The van der Waals surface area contributed by atoms with Crippen LogP contribution in [0, 0.1) is 0 Å². The number of aryl methyl sites for hydroxylation is 1. The van der Waals surface area contributed by atoms with Crippen molar-refractivity contribution >= 4 is 28.2 Å². The van der Waals surface area contributed by atoms with Crippen molar-refractivity contribution in [1.29, 1.82) is 0 Å². The topological polar surface area (TPSA) is 84.2 Å². The molecule has 0 atom stereocenters. The van der Waals surface area contributed by atoms with Crippen LogP contribution in [0.1, 0.15) is 10.4 Å². The number of anilines is 1. The van der Waals surface area contributed by atoms with Gasteiger partial charge in [-0.15, -0.1) is 11.3 Å². The lowest BCUT2D eigenvalue weighted by Gasteiger charge is -2.07. The zero-order valence-electron chi connectivity index (χ0n) is 10.4. The van der Waals surface area contributed by atoms with Gasteiger partial charge in [-0.2, -0.15) is 18.3 Å². The summed E-state index contributed by atoms with van der Waals surface area (Å²) in [5.74, 6) is -3.66. The second-order valence-corrected chi connectivity index (χ2v) is 4.89. The van der Waals surface area contributed by atoms with Crippen LogP contribution in [-0.4, -0.2) is 32.9 Å². The van der Waals surface area contributed by atoms with Gasteiger partial charge in [-0.05, 0) is 0 Å². The number of aromatic carboxylic acids is 1. The summed E-state index contributed by atoms with van der Waals surface area (Å²) in [5, 5.41) is 15.6. The van der Waals surface area contributed by atoms with Crippen LogP contribution < -0.4 is 5.32 Å². The lowest BCUT2D eigenvalue weighted by atomic mass is 10.1. The molecular weight excluding hydrogens is 311 g/mol. The normalized spacial score (nSPS) is 11.4. The number of carbonyl (C=O) groups is 2. The maximum atomic E-state index is 12.2. The summed E-state index contributed by atoms with van der Waals surface area (Å²) in [4.78, 5) is 22.2. The van der Waals surface area contributed by atoms with Crippen LogP contribution >= 0.6 is 11.3 Å². The number of nitrogens with one attached hydrogen (secondary N) is 1. The van der Waals surface area contributed by atoms with E-state index < -0.39 is 23.6 Å². The van der Waals surface area contributed by atoms with Crippen molar-refractivity contribution in [2.24, 2.45) is 7.05 Å². The zero-order chi connectivity index (χ0) is 15.8. The smallest absolute Gasteiger partial charge is 0.471 e. The number of rotatable bonds is 3. The molecule has 1 amide bonds. The number of carboxylic acids is 1. The monoisotopic (exact) mass is 319 g/mol. The number of aromatic nitrogens is 2. The third-order valence-corrected chi connectivity index (χ3v) is 3.40. The number of amides is 1. The molecule has 0 bridgehead atoms. The Morgan fingerprint density at radius 2 is 2.10 bits per heavy atom.